The molecule has 0 atom stereocenters. The van der Waals surface area contributed by atoms with Gasteiger partial charge in [0.15, 0.2) is 0 Å². The Labute approximate surface area is 132 Å². The molecule has 5 nitrogen and oxygen atoms in total. The average molecular weight is 325 g/mol. The van der Waals surface area contributed by atoms with Crippen LogP contribution in [0.3, 0.4) is 0 Å². The zero-order valence-electron chi connectivity index (χ0n) is 13.0. The zero-order chi connectivity index (χ0) is 16.6. The van der Waals surface area contributed by atoms with E-state index in [9.17, 15) is 13.2 Å². The van der Waals surface area contributed by atoms with Crippen molar-refractivity contribution in [3.63, 3.8) is 0 Å². The third-order valence-corrected chi connectivity index (χ3v) is 3.86. The van der Waals surface area contributed by atoms with Crippen LogP contribution in [0.1, 0.15) is 42.5 Å². The van der Waals surface area contributed by atoms with Crippen LogP contribution in [0.4, 0.5) is 13.2 Å². The summed E-state index contributed by atoms with van der Waals surface area (Å²) in [7, 11) is 0. The van der Waals surface area contributed by atoms with Gasteiger partial charge in [-0.3, -0.25) is 9.58 Å². The summed E-state index contributed by atoms with van der Waals surface area (Å²) in [6, 6.07) is 0.306. The maximum atomic E-state index is 12.6. The van der Waals surface area contributed by atoms with Crippen molar-refractivity contribution in [2.45, 2.75) is 45.6 Å². The van der Waals surface area contributed by atoms with Gasteiger partial charge in [-0.2, -0.15) is 18.3 Å². The van der Waals surface area contributed by atoms with Gasteiger partial charge in [-0.05, 0) is 13.8 Å². The lowest BCUT2D eigenvalue weighted by Gasteiger charge is -2.27. The Morgan fingerprint density at radius 2 is 2.04 bits per heavy atom. The number of hydrogen-bond acceptors (Lipinski definition) is 4. The van der Waals surface area contributed by atoms with Gasteiger partial charge in [0.05, 0.1) is 11.9 Å². The lowest BCUT2D eigenvalue weighted by molar-refractivity contribution is -0.145. The van der Waals surface area contributed by atoms with Crippen molar-refractivity contribution in [2.75, 3.05) is 6.54 Å². The largest absolute Gasteiger partial charge is 0.451 e. The molecule has 0 unspecified atom stereocenters. The van der Waals surface area contributed by atoms with Crippen LogP contribution in [-0.4, -0.2) is 31.2 Å². The van der Waals surface area contributed by atoms with Gasteiger partial charge in [-0.1, -0.05) is 0 Å². The normalized spacial score (nSPS) is 15.9. The van der Waals surface area contributed by atoms with Gasteiger partial charge in [0.1, 0.15) is 0 Å². The van der Waals surface area contributed by atoms with Gasteiger partial charge in [-0.25, -0.2) is 9.97 Å². The molecular weight excluding hydrogens is 307 g/mol. The van der Waals surface area contributed by atoms with Gasteiger partial charge < -0.3 is 0 Å². The zero-order valence-corrected chi connectivity index (χ0v) is 13.0. The smallest absolute Gasteiger partial charge is 0.294 e. The summed E-state index contributed by atoms with van der Waals surface area (Å²) in [5.41, 5.74) is 2.36. The highest BCUT2D eigenvalue weighted by Gasteiger charge is 2.35. The maximum Gasteiger partial charge on any atom is 0.451 e. The lowest BCUT2D eigenvalue weighted by Crippen LogP contribution is -2.31. The van der Waals surface area contributed by atoms with Crippen LogP contribution < -0.4 is 0 Å². The highest BCUT2D eigenvalue weighted by molar-refractivity contribution is 5.21. The van der Waals surface area contributed by atoms with Crippen molar-refractivity contribution in [3.05, 3.63) is 41.2 Å². The molecule has 1 aliphatic rings. The Morgan fingerprint density at radius 1 is 1.26 bits per heavy atom. The molecular formula is C15H18F3N5. The number of aromatic nitrogens is 4. The molecule has 124 valence electrons. The van der Waals surface area contributed by atoms with E-state index in [4.69, 9.17) is 0 Å². The highest BCUT2D eigenvalue weighted by Crippen LogP contribution is 2.28. The fourth-order valence-electron chi connectivity index (χ4n) is 2.65. The minimum Gasteiger partial charge on any atom is -0.294 e. The molecule has 0 radical (unpaired) electrons. The Balaban J connectivity index is 1.70. The second-order valence-electron chi connectivity index (χ2n) is 6.05. The molecule has 23 heavy (non-hydrogen) atoms. The summed E-state index contributed by atoms with van der Waals surface area (Å²) in [5.74, 6) is -1.05. The van der Waals surface area contributed by atoms with E-state index in [2.05, 4.69) is 33.8 Å². The minimum absolute atomic E-state index is 0.306. The molecule has 0 amide bonds. The first-order valence-electron chi connectivity index (χ1n) is 7.50. The fourth-order valence-corrected chi connectivity index (χ4v) is 2.65. The standard InChI is InChI=1S/C15H18F3N5/c1-10(2)23-8-11(5-20-23)7-22-4-3-13-12(9-22)6-19-14(21-13)15(16,17)18/h5-6,8,10H,3-4,7,9H2,1-2H3. The van der Waals surface area contributed by atoms with Gasteiger partial charge in [-0.15, -0.1) is 0 Å². The van der Waals surface area contributed by atoms with E-state index in [0.717, 1.165) is 11.1 Å². The number of hydrogen-bond donors (Lipinski definition) is 0. The molecule has 0 aromatic carbocycles. The van der Waals surface area contributed by atoms with Crippen molar-refractivity contribution < 1.29 is 13.2 Å². The number of rotatable bonds is 3. The Bertz CT molecular complexity index is 693. The van der Waals surface area contributed by atoms with E-state index in [0.29, 0.717) is 37.8 Å². The van der Waals surface area contributed by atoms with Crippen molar-refractivity contribution in [1.82, 2.24) is 24.6 Å². The number of halogens is 3. The minimum atomic E-state index is -4.49. The van der Waals surface area contributed by atoms with Crippen LogP contribution in [0.25, 0.3) is 0 Å². The summed E-state index contributed by atoms with van der Waals surface area (Å²) in [6.45, 7) is 6.06. The molecule has 3 heterocycles. The topological polar surface area (TPSA) is 46.8 Å². The molecule has 2 aromatic heterocycles. The average Bonchev–Trinajstić information content (AvgIpc) is 2.94. The SMILES string of the molecule is CC(C)n1cc(CN2CCc3nc(C(F)(F)F)ncc3C2)cn1. The van der Waals surface area contributed by atoms with Crippen LogP contribution in [0, 0.1) is 0 Å². The van der Waals surface area contributed by atoms with Crippen molar-refractivity contribution in [2.24, 2.45) is 0 Å². The van der Waals surface area contributed by atoms with Crippen molar-refractivity contribution in [3.8, 4) is 0 Å². The molecule has 0 aliphatic carbocycles. The monoisotopic (exact) mass is 325 g/mol. The second kappa shape index (κ2) is 5.92. The molecule has 2 aromatic rings. The molecule has 0 N–H and O–H groups in total. The van der Waals surface area contributed by atoms with Crippen molar-refractivity contribution >= 4 is 0 Å². The molecule has 0 spiro atoms. The van der Waals surface area contributed by atoms with E-state index >= 15 is 0 Å². The number of nitrogens with zero attached hydrogens (tertiary/aromatic N) is 5. The first-order chi connectivity index (χ1) is 10.8. The summed E-state index contributed by atoms with van der Waals surface area (Å²) in [4.78, 5) is 9.29. The molecule has 0 fully saturated rings. The summed E-state index contributed by atoms with van der Waals surface area (Å²) < 4.78 is 39.8. The Morgan fingerprint density at radius 3 is 2.70 bits per heavy atom. The molecule has 0 saturated carbocycles. The van der Waals surface area contributed by atoms with E-state index in [1.807, 2.05) is 17.1 Å². The van der Waals surface area contributed by atoms with Crippen LogP contribution in [0.5, 0.6) is 0 Å². The summed E-state index contributed by atoms with van der Waals surface area (Å²) in [6.07, 6.45) is 1.15. The van der Waals surface area contributed by atoms with Gasteiger partial charge in [0, 0.05) is 55.6 Å². The van der Waals surface area contributed by atoms with E-state index in [1.54, 1.807) is 0 Å². The third-order valence-electron chi connectivity index (χ3n) is 3.86. The lowest BCUT2D eigenvalue weighted by atomic mass is 10.1. The van der Waals surface area contributed by atoms with Gasteiger partial charge >= 0.3 is 6.18 Å². The van der Waals surface area contributed by atoms with Crippen LogP contribution in [0.2, 0.25) is 0 Å². The van der Waals surface area contributed by atoms with E-state index in [-0.39, 0.29) is 0 Å². The van der Waals surface area contributed by atoms with Crippen LogP contribution >= 0.6 is 0 Å². The Hall–Kier alpha value is -1.96. The van der Waals surface area contributed by atoms with Gasteiger partial charge in [0.25, 0.3) is 0 Å². The maximum absolute atomic E-state index is 12.6. The Kier molecular flexibility index (Phi) is 4.09. The van der Waals surface area contributed by atoms with Gasteiger partial charge in [0.2, 0.25) is 5.82 Å². The molecule has 0 bridgehead atoms. The van der Waals surface area contributed by atoms with E-state index in [1.165, 1.54) is 6.20 Å². The number of fused-ring (bicyclic) bond motifs is 1. The fraction of sp³-hybridized carbons (Fsp3) is 0.533. The highest BCUT2D eigenvalue weighted by atomic mass is 19.4. The first kappa shape index (κ1) is 15.9. The molecule has 3 rings (SSSR count). The van der Waals surface area contributed by atoms with Crippen molar-refractivity contribution in [1.29, 1.82) is 0 Å². The quantitative estimate of drug-likeness (QED) is 0.871. The predicted molar refractivity (Wildman–Crippen MR) is 77.5 cm³/mol. The van der Waals surface area contributed by atoms with E-state index < -0.39 is 12.0 Å². The number of alkyl halides is 3. The summed E-state index contributed by atoms with van der Waals surface area (Å²) in [5, 5.41) is 4.30. The third kappa shape index (κ3) is 3.52. The molecule has 1 aliphatic heterocycles. The summed E-state index contributed by atoms with van der Waals surface area (Å²) >= 11 is 0. The predicted octanol–water partition coefficient (Wildman–Crippen LogP) is 2.83. The van der Waals surface area contributed by atoms with Crippen LogP contribution in [-0.2, 0) is 25.7 Å². The molecule has 0 saturated heterocycles. The molecule has 8 heteroatoms. The first-order valence-corrected chi connectivity index (χ1v) is 7.50. The van der Waals surface area contributed by atoms with Crippen LogP contribution in [0.15, 0.2) is 18.6 Å². The second-order valence-corrected chi connectivity index (χ2v) is 6.05.